The molecule has 2 aromatic rings. The van der Waals surface area contributed by atoms with Crippen molar-refractivity contribution in [1.29, 1.82) is 0 Å². The number of urea groups is 1. The van der Waals surface area contributed by atoms with Gasteiger partial charge in [0.15, 0.2) is 6.10 Å². The van der Waals surface area contributed by atoms with Crippen molar-refractivity contribution < 1.29 is 19.1 Å². The molecule has 0 radical (unpaired) electrons. The maximum atomic E-state index is 12.6. The van der Waals surface area contributed by atoms with Crippen LogP contribution in [0.5, 0.6) is 0 Å². The summed E-state index contributed by atoms with van der Waals surface area (Å²) in [6.45, 7) is 3.44. The zero-order valence-electron chi connectivity index (χ0n) is 14.0. The van der Waals surface area contributed by atoms with Crippen LogP contribution in [0, 0.1) is 0 Å². The normalized spacial score (nSPS) is 11.9. The fraction of sp³-hybridized carbons (Fsp3) is 0.375. The Labute approximate surface area is 143 Å². The minimum Gasteiger partial charge on any atom is -0.451 e. The molecule has 25 heavy (non-hydrogen) atoms. The summed E-state index contributed by atoms with van der Waals surface area (Å²) in [6, 6.07) is 6.08. The first-order chi connectivity index (χ1) is 11.8. The van der Waals surface area contributed by atoms with Crippen LogP contribution >= 0.6 is 0 Å². The Balaban J connectivity index is 2.21. The SMILES string of the molecule is CCCn1c(=O)n(CC(=O)OC(C)C(=O)NC(N)=O)c2ccccc21. The van der Waals surface area contributed by atoms with Crippen molar-refractivity contribution in [3.8, 4) is 0 Å². The molecule has 0 fully saturated rings. The molecule has 1 heterocycles. The zero-order valence-corrected chi connectivity index (χ0v) is 14.0. The van der Waals surface area contributed by atoms with E-state index in [2.05, 4.69) is 0 Å². The van der Waals surface area contributed by atoms with Crippen molar-refractivity contribution in [2.75, 3.05) is 0 Å². The van der Waals surface area contributed by atoms with Crippen molar-refractivity contribution in [1.82, 2.24) is 14.5 Å². The summed E-state index contributed by atoms with van der Waals surface area (Å²) in [5, 5.41) is 1.82. The van der Waals surface area contributed by atoms with Crippen LogP contribution in [-0.4, -0.2) is 33.1 Å². The topological polar surface area (TPSA) is 125 Å². The predicted molar refractivity (Wildman–Crippen MR) is 89.8 cm³/mol. The number of nitrogens with two attached hydrogens (primary N) is 1. The lowest BCUT2D eigenvalue weighted by Gasteiger charge is -2.12. The monoisotopic (exact) mass is 348 g/mol. The maximum Gasteiger partial charge on any atom is 0.329 e. The molecule has 0 aliphatic carbocycles. The third-order valence-corrected chi connectivity index (χ3v) is 3.58. The summed E-state index contributed by atoms with van der Waals surface area (Å²) in [7, 11) is 0. The van der Waals surface area contributed by atoms with Gasteiger partial charge in [-0.25, -0.2) is 9.59 Å². The lowest BCUT2D eigenvalue weighted by molar-refractivity contribution is -0.155. The van der Waals surface area contributed by atoms with Gasteiger partial charge in [0.2, 0.25) is 0 Å². The number of nitrogens with zero attached hydrogens (tertiary/aromatic N) is 2. The number of imide groups is 1. The van der Waals surface area contributed by atoms with Gasteiger partial charge in [0.25, 0.3) is 5.91 Å². The smallest absolute Gasteiger partial charge is 0.329 e. The lowest BCUT2D eigenvalue weighted by atomic mass is 10.3. The van der Waals surface area contributed by atoms with Gasteiger partial charge in [0.1, 0.15) is 6.54 Å². The number of hydrogen-bond donors (Lipinski definition) is 2. The van der Waals surface area contributed by atoms with Crippen molar-refractivity contribution in [3.63, 3.8) is 0 Å². The number of esters is 1. The molecule has 9 nitrogen and oxygen atoms in total. The van der Waals surface area contributed by atoms with Crippen LogP contribution in [0.4, 0.5) is 4.79 Å². The third-order valence-electron chi connectivity index (χ3n) is 3.58. The molecule has 0 aliphatic rings. The number of amides is 3. The molecule has 1 aromatic heterocycles. The van der Waals surface area contributed by atoms with Gasteiger partial charge in [-0.3, -0.25) is 24.0 Å². The molecule has 0 spiro atoms. The number of aromatic nitrogens is 2. The predicted octanol–water partition coefficient (Wildman–Crippen LogP) is 0.340. The van der Waals surface area contributed by atoms with Crippen LogP contribution in [0.25, 0.3) is 11.0 Å². The number of ether oxygens (including phenoxy) is 1. The van der Waals surface area contributed by atoms with Gasteiger partial charge in [-0.1, -0.05) is 19.1 Å². The van der Waals surface area contributed by atoms with Gasteiger partial charge < -0.3 is 10.5 Å². The molecule has 3 amide bonds. The van der Waals surface area contributed by atoms with Gasteiger partial charge in [-0.15, -0.1) is 0 Å². The summed E-state index contributed by atoms with van der Waals surface area (Å²) in [6.07, 6.45) is -0.442. The van der Waals surface area contributed by atoms with Crippen LogP contribution < -0.4 is 16.7 Å². The third kappa shape index (κ3) is 4.06. The number of carbonyl (C=O) groups excluding carboxylic acids is 3. The lowest BCUT2D eigenvalue weighted by Crippen LogP contribution is -2.42. The Hall–Kier alpha value is -3.10. The Kier molecular flexibility index (Phi) is 5.58. The molecule has 0 saturated carbocycles. The van der Waals surface area contributed by atoms with E-state index in [1.807, 2.05) is 18.3 Å². The van der Waals surface area contributed by atoms with Gasteiger partial charge in [0, 0.05) is 6.54 Å². The van der Waals surface area contributed by atoms with E-state index in [1.165, 1.54) is 11.5 Å². The highest BCUT2D eigenvalue weighted by Gasteiger charge is 2.21. The van der Waals surface area contributed by atoms with Crippen molar-refractivity contribution in [3.05, 3.63) is 34.7 Å². The van der Waals surface area contributed by atoms with Crippen molar-refractivity contribution in [2.45, 2.75) is 39.5 Å². The molecule has 0 saturated heterocycles. The molecule has 1 atom stereocenters. The van der Waals surface area contributed by atoms with E-state index in [4.69, 9.17) is 10.5 Å². The van der Waals surface area contributed by atoms with Crippen LogP contribution in [-0.2, 0) is 27.4 Å². The average molecular weight is 348 g/mol. The quantitative estimate of drug-likeness (QED) is 0.728. The fourth-order valence-corrected chi connectivity index (χ4v) is 2.51. The average Bonchev–Trinajstić information content (AvgIpc) is 2.80. The van der Waals surface area contributed by atoms with Crippen molar-refractivity contribution >= 4 is 28.9 Å². The van der Waals surface area contributed by atoms with E-state index in [-0.39, 0.29) is 12.2 Å². The number of fused-ring (bicyclic) bond motifs is 1. The van der Waals surface area contributed by atoms with Gasteiger partial charge >= 0.3 is 17.7 Å². The number of benzene rings is 1. The number of nitrogens with one attached hydrogen (secondary N) is 1. The molecule has 2 rings (SSSR count). The summed E-state index contributed by atoms with van der Waals surface area (Å²) in [5.41, 5.74) is 5.84. The molecule has 0 aliphatic heterocycles. The Morgan fingerprint density at radius 2 is 1.80 bits per heavy atom. The van der Waals surface area contributed by atoms with Crippen LogP contribution in [0.3, 0.4) is 0 Å². The second-order valence-electron chi connectivity index (χ2n) is 5.49. The van der Waals surface area contributed by atoms with E-state index >= 15 is 0 Å². The maximum absolute atomic E-state index is 12.6. The van der Waals surface area contributed by atoms with E-state index in [1.54, 1.807) is 22.8 Å². The highest BCUT2D eigenvalue weighted by atomic mass is 16.5. The largest absolute Gasteiger partial charge is 0.451 e. The minimum atomic E-state index is -1.21. The van der Waals surface area contributed by atoms with E-state index in [0.29, 0.717) is 12.1 Å². The number of aryl methyl sites for hydroxylation is 1. The first-order valence-corrected chi connectivity index (χ1v) is 7.83. The summed E-state index contributed by atoms with van der Waals surface area (Å²) in [4.78, 5) is 46.8. The number of carbonyl (C=O) groups is 3. The number of primary amides is 1. The van der Waals surface area contributed by atoms with Crippen LogP contribution in [0.1, 0.15) is 20.3 Å². The molecule has 1 aromatic carbocycles. The second-order valence-corrected chi connectivity index (χ2v) is 5.49. The van der Waals surface area contributed by atoms with Crippen molar-refractivity contribution in [2.24, 2.45) is 5.73 Å². The Bertz CT molecular complexity index is 867. The molecule has 9 heteroatoms. The van der Waals surface area contributed by atoms with E-state index in [9.17, 15) is 19.2 Å². The number of rotatable bonds is 6. The summed E-state index contributed by atoms with van der Waals surface area (Å²) < 4.78 is 7.85. The van der Waals surface area contributed by atoms with Gasteiger partial charge in [-0.05, 0) is 25.5 Å². The molecule has 0 bridgehead atoms. The number of para-hydroxylation sites is 2. The van der Waals surface area contributed by atoms with Gasteiger partial charge in [0.05, 0.1) is 11.0 Å². The van der Waals surface area contributed by atoms with E-state index < -0.39 is 24.0 Å². The minimum absolute atomic E-state index is 0.325. The first kappa shape index (κ1) is 18.2. The number of hydrogen-bond acceptors (Lipinski definition) is 5. The standard InChI is InChI=1S/C16H20N4O5/c1-3-8-19-11-6-4-5-7-12(11)20(16(19)24)9-13(21)25-10(2)14(22)18-15(17)23/h4-7,10H,3,8-9H2,1-2H3,(H3,17,18,22,23). The Morgan fingerprint density at radius 3 is 2.36 bits per heavy atom. The Morgan fingerprint density at radius 1 is 1.20 bits per heavy atom. The molecule has 1 unspecified atom stereocenters. The molecular weight excluding hydrogens is 328 g/mol. The molecule has 134 valence electrons. The zero-order chi connectivity index (χ0) is 18.6. The number of imidazole rings is 1. The van der Waals surface area contributed by atoms with Crippen LogP contribution in [0.2, 0.25) is 0 Å². The van der Waals surface area contributed by atoms with Gasteiger partial charge in [-0.2, -0.15) is 0 Å². The highest BCUT2D eigenvalue weighted by molar-refractivity contribution is 5.96. The molecular formula is C16H20N4O5. The van der Waals surface area contributed by atoms with E-state index in [0.717, 1.165) is 11.9 Å². The molecule has 3 N–H and O–H groups in total. The van der Waals surface area contributed by atoms with Crippen LogP contribution in [0.15, 0.2) is 29.1 Å². The highest BCUT2D eigenvalue weighted by Crippen LogP contribution is 2.13. The summed E-state index contributed by atoms with van der Waals surface area (Å²) in [5.74, 6) is -1.60. The second kappa shape index (κ2) is 7.65. The fourth-order valence-electron chi connectivity index (χ4n) is 2.51. The first-order valence-electron chi connectivity index (χ1n) is 7.83. The summed E-state index contributed by atoms with van der Waals surface area (Å²) >= 11 is 0.